The molecule has 2 aromatic rings. The van der Waals surface area contributed by atoms with Crippen LogP contribution in [0.15, 0.2) is 24.4 Å². The van der Waals surface area contributed by atoms with Gasteiger partial charge in [-0.2, -0.15) is 5.10 Å². The topological polar surface area (TPSA) is 27.1 Å². The zero-order chi connectivity index (χ0) is 16.6. The van der Waals surface area contributed by atoms with Gasteiger partial charge >= 0.3 is 0 Å². The molecule has 1 aromatic heterocycles. The molecule has 2 fully saturated rings. The maximum Gasteiger partial charge on any atom is 0.0771 e. The number of hydrogen-bond acceptors (Lipinski definition) is 2. The Kier molecular flexibility index (Phi) is 3.87. The first kappa shape index (κ1) is 15.2. The van der Waals surface area contributed by atoms with E-state index in [2.05, 4.69) is 46.0 Å². The SMILES string of the molecule is C(#CC1CC1)c1ccc2c(c1)CCc1cnn(C[C@H]3CCCCO3)c1-2. The lowest BCUT2D eigenvalue weighted by Gasteiger charge is -2.25. The molecule has 1 atom stereocenters. The zero-order valence-electron chi connectivity index (χ0n) is 14.6. The van der Waals surface area contributed by atoms with Crippen molar-refractivity contribution in [1.82, 2.24) is 9.78 Å². The Hall–Kier alpha value is -2.05. The van der Waals surface area contributed by atoms with Gasteiger partial charge in [0.05, 0.1) is 24.5 Å². The van der Waals surface area contributed by atoms with E-state index in [4.69, 9.17) is 4.74 Å². The van der Waals surface area contributed by atoms with Crippen molar-refractivity contribution in [3.8, 4) is 23.1 Å². The normalized spacial score (nSPS) is 21.8. The maximum absolute atomic E-state index is 5.93. The molecule has 5 rings (SSSR count). The number of aryl methyl sites for hydroxylation is 2. The molecule has 1 saturated carbocycles. The molecule has 2 aliphatic carbocycles. The van der Waals surface area contributed by atoms with E-state index in [-0.39, 0.29) is 0 Å². The summed E-state index contributed by atoms with van der Waals surface area (Å²) in [5.74, 6) is 7.39. The molecule has 128 valence electrons. The van der Waals surface area contributed by atoms with Gasteiger partial charge in [0.15, 0.2) is 0 Å². The largest absolute Gasteiger partial charge is 0.376 e. The Morgan fingerprint density at radius 2 is 2.04 bits per heavy atom. The predicted molar refractivity (Wildman–Crippen MR) is 98.3 cm³/mol. The Labute approximate surface area is 149 Å². The summed E-state index contributed by atoms with van der Waals surface area (Å²) in [4.78, 5) is 0. The van der Waals surface area contributed by atoms with Gasteiger partial charge in [-0.15, -0.1) is 0 Å². The second-order valence-corrected chi connectivity index (χ2v) is 7.60. The van der Waals surface area contributed by atoms with Crippen molar-refractivity contribution < 1.29 is 4.74 Å². The highest BCUT2D eigenvalue weighted by atomic mass is 16.5. The van der Waals surface area contributed by atoms with Crippen LogP contribution in [-0.4, -0.2) is 22.5 Å². The lowest BCUT2D eigenvalue weighted by molar-refractivity contribution is 0.00427. The molecule has 0 unspecified atom stereocenters. The minimum atomic E-state index is 0.312. The zero-order valence-corrected chi connectivity index (χ0v) is 14.6. The predicted octanol–water partition coefficient (Wildman–Crippen LogP) is 3.98. The quantitative estimate of drug-likeness (QED) is 0.778. The molecule has 25 heavy (non-hydrogen) atoms. The third-order valence-corrected chi connectivity index (χ3v) is 5.59. The van der Waals surface area contributed by atoms with Gasteiger partial charge in [-0.1, -0.05) is 17.9 Å². The van der Waals surface area contributed by atoms with Crippen LogP contribution in [0.4, 0.5) is 0 Å². The smallest absolute Gasteiger partial charge is 0.0771 e. The van der Waals surface area contributed by atoms with E-state index in [1.165, 1.54) is 48.1 Å². The number of fused-ring (bicyclic) bond motifs is 3. The summed E-state index contributed by atoms with van der Waals surface area (Å²) in [7, 11) is 0. The Morgan fingerprint density at radius 3 is 2.88 bits per heavy atom. The molecule has 0 radical (unpaired) electrons. The second-order valence-electron chi connectivity index (χ2n) is 7.60. The molecule has 0 amide bonds. The summed E-state index contributed by atoms with van der Waals surface area (Å²) >= 11 is 0. The molecular formula is C22H24N2O. The summed E-state index contributed by atoms with van der Waals surface area (Å²) in [6, 6.07) is 6.73. The molecule has 1 aliphatic heterocycles. The third kappa shape index (κ3) is 3.12. The molecule has 3 heteroatoms. The van der Waals surface area contributed by atoms with Crippen molar-refractivity contribution in [2.45, 2.75) is 57.6 Å². The summed E-state index contributed by atoms with van der Waals surface area (Å²) in [5, 5.41) is 4.69. The third-order valence-electron chi connectivity index (χ3n) is 5.59. The van der Waals surface area contributed by atoms with Gasteiger partial charge in [-0.3, -0.25) is 4.68 Å². The number of rotatable bonds is 2. The summed E-state index contributed by atoms with van der Waals surface area (Å²) in [6.07, 6.45) is 10.7. The first-order chi connectivity index (χ1) is 12.4. The van der Waals surface area contributed by atoms with Crippen molar-refractivity contribution in [1.29, 1.82) is 0 Å². The van der Waals surface area contributed by atoms with Crippen molar-refractivity contribution in [2.75, 3.05) is 6.61 Å². The van der Waals surface area contributed by atoms with Crippen LogP contribution in [0.25, 0.3) is 11.3 Å². The van der Waals surface area contributed by atoms with E-state index in [0.29, 0.717) is 12.0 Å². The van der Waals surface area contributed by atoms with Gasteiger partial charge in [-0.05, 0) is 68.2 Å². The van der Waals surface area contributed by atoms with Crippen LogP contribution in [0.2, 0.25) is 0 Å². The number of ether oxygens (including phenoxy) is 1. The van der Waals surface area contributed by atoms with E-state index >= 15 is 0 Å². The highest BCUT2D eigenvalue weighted by Crippen LogP contribution is 2.34. The van der Waals surface area contributed by atoms with Gasteiger partial charge < -0.3 is 4.74 Å². The monoisotopic (exact) mass is 332 g/mol. The fourth-order valence-electron chi connectivity index (χ4n) is 3.99. The molecular weight excluding hydrogens is 308 g/mol. The fraction of sp³-hybridized carbons (Fsp3) is 0.500. The van der Waals surface area contributed by atoms with Crippen LogP contribution >= 0.6 is 0 Å². The van der Waals surface area contributed by atoms with E-state index < -0.39 is 0 Å². The first-order valence-corrected chi connectivity index (χ1v) is 9.68. The van der Waals surface area contributed by atoms with Gasteiger partial charge in [-0.25, -0.2) is 0 Å². The molecule has 0 spiro atoms. The number of benzene rings is 1. The Balaban J connectivity index is 1.45. The van der Waals surface area contributed by atoms with Crippen LogP contribution in [0.5, 0.6) is 0 Å². The highest BCUT2D eigenvalue weighted by molar-refractivity contribution is 5.71. The van der Waals surface area contributed by atoms with Crippen LogP contribution in [0.1, 0.15) is 48.8 Å². The fourth-order valence-corrected chi connectivity index (χ4v) is 3.99. The summed E-state index contributed by atoms with van der Waals surface area (Å²) in [5.41, 5.74) is 6.60. The van der Waals surface area contributed by atoms with Crippen molar-refractivity contribution in [3.63, 3.8) is 0 Å². The summed E-state index contributed by atoms with van der Waals surface area (Å²) in [6.45, 7) is 1.77. The van der Waals surface area contributed by atoms with Crippen LogP contribution in [-0.2, 0) is 24.1 Å². The molecule has 0 bridgehead atoms. The lowest BCUT2D eigenvalue weighted by atomic mass is 9.89. The highest BCUT2D eigenvalue weighted by Gasteiger charge is 2.24. The lowest BCUT2D eigenvalue weighted by Crippen LogP contribution is -2.25. The number of hydrogen-bond donors (Lipinski definition) is 0. The average molecular weight is 332 g/mol. The Morgan fingerprint density at radius 1 is 1.12 bits per heavy atom. The van der Waals surface area contributed by atoms with Gasteiger partial charge in [0.1, 0.15) is 0 Å². The molecule has 2 heterocycles. The van der Waals surface area contributed by atoms with E-state index in [1.54, 1.807) is 0 Å². The van der Waals surface area contributed by atoms with Crippen molar-refractivity contribution >= 4 is 0 Å². The molecule has 3 aliphatic rings. The van der Waals surface area contributed by atoms with E-state index in [1.807, 2.05) is 0 Å². The van der Waals surface area contributed by atoms with Crippen LogP contribution < -0.4 is 0 Å². The number of nitrogens with zero attached hydrogens (tertiary/aromatic N) is 2. The number of aromatic nitrogens is 2. The minimum absolute atomic E-state index is 0.312. The second kappa shape index (κ2) is 6.35. The molecule has 1 aromatic carbocycles. The molecule has 1 saturated heterocycles. The van der Waals surface area contributed by atoms with E-state index in [0.717, 1.165) is 38.0 Å². The standard InChI is InChI=1S/C22H24N2O/c1-2-12-25-20(3-1)15-24-22-19(14-23-24)10-9-18-13-17(8-11-21(18)22)7-6-16-4-5-16/h8,11,13-14,16,20H,1-5,9-10,12,15H2/t20-/m1/s1. The molecule has 3 nitrogen and oxygen atoms in total. The minimum Gasteiger partial charge on any atom is -0.376 e. The van der Waals surface area contributed by atoms with Crippen LogP contribution in [0.3, 0.4) is 0 Å². The molecule has 0 N–H and O–H groups in total. The average Bonchev–Trinajstić information content (AvgIpc) is 3.40. The summed E-state index contributed by atoms with van der Waals surface area (Å²) < 4.78 is 8.11. The first-order valence-electron chi connectivity index (χ1n) is 9.68. The van der Waals surface area contributed by atoms with Gasteiger partial charge in [0, 0.05) is 23.7 Å². The van der Waals surface area contributed by atoms with E-state index in [9.17, 15) is 0 Å². The van der Waals surface area contributed by atoms with Crippen LogP contribution in [0, 0.1) is 17.8 Å². The maximum atomic E-state index is 5.93. The van der Waals surface area contributed by atoms with Gasteiger partial charge in [0.25, 0.3) is 0 Å². The van der Waals surface area contributed by atoms with Crippen molar-refractivity contribution in [3.05, 3.63) is 41.1 Å². The van der Waals surface area contributed by atoms with Gasteiger partial charge in [0.2, 0.25) is 0 Å². The Bertz CT molecular complexity index is 845. The van der Waals surface area contributed by atoms with Crippen molar-refractivity contribution in [2.24, 2.45) is 5.92 Å².